The normalized spacial score (nSPS) is 13.5. The standard InChI is InChI=1S/C27H29NO2/c1-3-19(2)21-10-13-25(14-11-21)28-27(29)24-9-4-6-20(16-24)18-30-26-15-12-22-7-5-8-23(22)17-26/h4,6,9-17,19H,3,5,7-8,18H2,1-2H3,(H,28,29). The van der Waals surface area contributed by atoms with E-state index in [0.717, 1.165) is 29.8 Å². The molecule has 1 atom stereocenters. The summed E-state index contributed by atoms with van der Waals surface area (Å²) >= 11 is 0. The third-order valence-corrected chi connectivity index (χ3v) is 6.01. The van der Waals surface area contributed by atoms with Gasteiger partial charge in [-0.3, -0.25) is 4.79 Å². The molecular weight excluding hydrogens is 370 g/mol. The number of aryl methyl sites for hydroxylation is 2. The number of anilines is 1. The average molecular weight is 400 g/mol. The van der Waals surface area contributed by atoms with E-state index in [1.54, 1.807) is 0 Å². The van der Waals surface area contributed by atoms with Gasteiger partial charge in [0.2, 0.25) is 0 Å². The van der Waals surface area contributed by atoms with E-state index in [1.165, 1.54) is 29.5 Å². The second kappa shape index (κ2) is 9.17. The van der Waals surface area contributed by atoms with Crippen molar-refractivity contribution in [2.45, 2.75) is 52.1 Å². The predicted octanol–water partition coefficient (Wildman–Crippen LogP) is 6.52. The lowest BCUT2D eigenvalue weighted by Crippen LogP contribution is -2.12. The number of amides is 1. The Morgan fingerprint density at radius 3 is 2.60 bits per heavy atom. The largest absolute Gasteiger partial charge is 0.489 e. The van der Waals surface area contributed by atoms with Crippen LogP contribution < -0.4 is 10.1 Å². The molecule has 0 aromatic heterocycles. The van der Waals surface area contributed by atoms with Gasteiger partial charge in [-0.25, -0.2) is 0 Å². The van der Waals surface area contributed by atoms with E-state index in [9.17, 15) is 4.79 Å². The van der Waals surface area contributed by atoms with Crippen LogP contribution in [0.25, 0.3) is 0 Å². The number of fused-ring (bicyclic) bond motifs is 1. The van der Waals surface area contributed by atoms with Gasteiger partial charge < -0.3 is 10.1 Å². The Morgan fingerprint density at radius 1 is 1.00 bits per heavy atom. The van der Waals surface area contributed by atoms with E-state index in [4.69, 9.17) is 4.74 Å². The second-order valence-corrected chi connectivity index (χ2v) is 8.16. The fraction of sp³-hybridized carbons (Fsp3) is 0.296. The SMILES string of the molecule is CCC(C)c1ccc(NC(=O)c2cccc(COc3ccc4c(c3)CCC4)c2)cc1. The summed E-state index contributed by atoms with van der Waals surface area (Å²) in [5.41, 5.74) is 6.57. The number of carbonyl (C=O) groups excluding carboxylic acids is 1. The molecule has 0 heterocycles. The minimum atomic E-state index is -0.106. The molecule has 30 heavy (non-hydrogen) atoms. The first-order valence-corrected chi connectivity index (χ1v) is 10.9. The molecule has 4 rings (SSSR count). The number of hydrogen-bond donors (Lipinski definition) is 1. The van der Waals surface area contributed by atoms with Crippen LogP contribution in [0.1, 0.15) is 65.2 Å². The zero-order valence-corrected chi connectivity index (χ0v) is 17.8. The Labute approximate surface area is 179 Å². The number of nitrogens with one attached hydrogen (secondary N) is 1. The lowest BCUT2D eigenvalue weighted by atomic mass is 9.98. The van der Waals surface area contributed by atoms with E-state index in [2.05, 4.69) is 43.4 Å². The van der Waals surface area contributed by atoms with Crippen molar-refractivity contribution in [2.75, 3.05) is 5.32 Å². The molecule has 1 amide bonds. The second-order valence-electron chi connectivity index (χ2n) is 8.16. The minimum Gasteiger partial charge on any atom is -0.489 e. The van der Waals surface area contributed by atoms with E-state index in [-0.39, 0.29) is 5.91 Å². The lowest BCUT2D eigenvalue weighted by Gasteiger charge is -2.11. The number of carbonyl (C=O) groups is 1. The number of benzene rings is 3. The van der Waals surface area contributed by atoms with Crippen molar-refractivity contribution < 1.29 is 9.53 Å². The Balaban J connectivity index is 1.38. The van der Waals surface area contributed by atoms with E-state index in [0.29, 0.717) is 18.1 Å². The number of rotatable bonds is 7. The zero-order valence-electron chi connectivity index (χ0n) is 17.8. The van der Waals surface area contributed by atoms with Gasteiger partial charge in [0.05, 0.1) is 0 Å². The van der Waals surface area contributed by atoms with Gasteiger partial charge in [-0.1, -0.05) is 44.2 Å². The van der Waals surface area contributed by atoms with Crippen LogP contribution in [0.3, 0.4) is 0 Å². The van der Waals surface area contributed by atoms with Crippen molar-refractivity contribution in [1.29, 1.82) is 0 Å². The first-order valence-electron chi connectivity index (χ1n) is 10.9. The van der Waals surface area contributed by atoms with Gasteiger partial charge in [0.15, 0.2) is 0 Å². The van der Waals surface area contributed by atoms with Crippen molar-refractivity contribution in [3.05, 3.63) is 94.5 Å². The summed E-state index contributed by atoms with van der Waals surface area (Å²) in [5.74, 6) is 1.31. The third kappa shape index (κ3) is 4.73. The highest BCUT2D eigenvalue weighted by atomic mass is 16.5. The molecule has 3 nitrogen and oxygen atoms in total. The highest BCUT2D eigenvalue weighted by Crippen LogP contribution is 2.26. The van der Waals surface area contributed by atoms with Crippen LogP contribution in [0.2, 0.25) is 0 Å². The number of hydrogen-bond acceptors (Lipinski definition) is 2. The van der Waals surface area contributed by atoms with Crippen molar-refractivity contribution >= 4 is 11.6 Å². The molecule has 0 bridgehead atoms. The Hall–Kier alpha value is -3.07. The molecule has 0 saturated heterocycles. The van der Waals surface area contributed by atoms with Gasteiger partial charge in [0.1, 0.15) is 12.4 Å². The minimum absolute atomic E-state index is 0.106. The maximum atomic E-state index is 12.7. The summed E-state index contributed by atoms with van der Waals surface area (Å²) in [4.78, 5) is 12.7. The summed E-state index contributed by atoms with van der Waals surface area (Å²) in [6, 6.07) is 22.1. The molecule has 154 valence electrons. The molecular formula is C27H29NO2. The predicted molar refractivity (Wildman–Crippen MR) is 122 cm³/mol. The maximum absolute atomic E-state index is 12.7. The molecule has 3 aromatic carbocycles. The van der Waals surface area contributed by atoms with Crippen LogP contribution in [-0.4, -0.2) is 5.91 Å². The summed E-state index contributed by atoms with van der Waals surface area (Å²) in [6.07, 6.45) is 4.65. The highest BCUT2D eigenvalue weighted by Gasteiger charge is 2.12. The van der Waals surface area contributed by atoms with Crippen molar-refractivity contribution in [2.24, 2.45) is 0 Å². The summed E-state index contributed by atoms with van der Waals surface area (Å²) < 4.78 is 5.98. The third-order valence-electron chi connectivity index (χ3n) is 6.01. The Kier molecular flexibility index (Phi) is 6.18. The molecule has 3 aromatic rings. The monoisotopic (exact) mass is 399 g/mol. The first kappa shape index (κ1) is 20.2. The van der Waals surface area contributed by atoms with Crippen LogP contribution in [0.15, 0.2) is 66.7 Å². The van der Waals surface area contributed by atoms with Gasteiger partial charge in [0.25, 0.3) is 5.91 Å². The van der Waals surface area contributed by atoms with Crippen LogP contribution in [-0.2, 0) is 19.4 Å². The molecule has 0 aliphatic heterocycles. The fourth-order valence-corrected chi connectivity index (χ4v) is 3.94. The zero-order chi connectivity index (χ0) is 20.9. The van der Waals surface area contributed by atoms with Gasteiger partial charge >= 0.3 is 0 Å². The van der Waals surface area contributed by atoms with Crippen molar-refractivity contribution in [3.63, 3.8) is 0 Å². The number of ether oxygens (including phenoxy) is 1. The molecule has 0 saturated carbocycles. The van der Waals surface area contributed by atoms with Crippen molar-refractivity contribution in [3.8, 4) is 5.75 Å². The maximum Gasteiger partial charge on any atom is 0.255 e. The Bertz CT molecular complexity index is 1020. The lowest BCUT2D eigenvalue weighted by molar-refractivity contribution is 0.102. The highest BCUT2D eigenvalue weighted by molar-refractivity contribution is 6.04. The summed E-state index contributed by atoms with van der Waals surface area (Å²) in [7, 11) is 0. The quantitative estimate of drug-likeness (QED) is 0.491. The van der Waals surface area contributed by atoms with E-state index >= 15 is 0 Å². The van der Waals surface area contributed by atoms with Crippen LogP contribution in [0, 0.1) is 0 Å². The Morgan fingerprint density at radius 2 is 1.80 bits per heavy atom. The summed E-state index contributed by atoms with van der Waals surface area (Å²) in [5, 5.41) is 2.99. The van der Waals surface area contributed by atoms with E-state index < -0.39 is 0 Å². The van der Waals surface area contributed by atoms with Crippen LogP contribution in [0.5, 0.6) is 5.75 Å². The van der Waals surface area contributed by atoms with Gasteiger partial charge in [0, 0.05) is 11.3 Å². The first-order chi connectivity index (χ1) is 14.6. The van der Waals surface area contributed by atoms with Crippen LogP contribution >= 0.6 is 0 Å². The fourth-order valence-electron chi connectivity index (χ4n) is 3.94. The van der Waals surface area contributed by atoms with Gasteiger partial charge in [-0.2, -0.15) is 0 Å². The van der Waals surface area contributed by atoms with Crippen LogP contribution in [0.4, 0.5) is 5.69 Å². The molecule has 1 unspecified atom stereocenters. The topological polar surface area (TPSA) is 38.3 Å². The molecule has 0 spiro atoms. The summed E-state index contributed by atoms with van der Waals surface area (Å²) in [6.45, 7) is 4.84. The van der Waals surface area contributed by atoms with Gasteiger partial charge in [-0.05, 0) is 90.3 Å². The molecule has 1 N–H and O–H groups in total. The van der Waals surface area contributed by atoms with Gasteiger partial charge in [-0.15, -0.1) is 0 Å². The smallest absolute Gasteiger partial charge is 0.255 e. The molecule has 3 heteroatoms. The molecule has 1 aliphatic carbocycles. The average Bonchev–Trinajstić information content (AvgIpc) is 3.26. The molecule has 0 fully saturated rings. The molecule has 1 aliphatic rings. The van der Waals surface area contributed by atoms with E-state index in [1.807, 2.05) is 42.5 Å². The van der Waals surface area contributed by atoms with Crippen molar-refractivity contribution in [1.82, 2.24) is 0 Å². The molecule has 0 radical (unpaired) electrons.